The number of nitrogens with zero attached hydrogens (tertiary/aromatic N) is 3. The van der Waals surface area contributed by atoms with E-state index in [-0.39, 0.29) is 5.82 Å². The van der Waals surface area contributed by atoms with Crippen LogP contribution >= 0.6 is 23.4 Å². The maximum absolute atomic E-state index is 13.1. The summed E-state index contributed by atoms with van der Waals surface area (Å²) in [4.78, 5) is 0. The van der Waals surface area contributed by atoms with Crippen LogP contribution < -0.4 is 5.43 Å². The molecule has 0 aliphatic carbocycles. The molecule has 114 valence electrons. The van der Waals surface area contributed by atoms with Crippen molar-refractivity contribution in [3.05, 3.63) is 70.3 Å². The Hall–Kier alpha value is -2.31. The van der Waals surface area contributed by atoms with Gasteiger partial charge in [-0.1, -0.05) is 35.5 Å². The van der Waals surface area contributed by atoms with Gasteiger partial charge in [0.1, 0.15) is 5.82 Å². The lowest BCUT2D eigenvalue weighted by Gasteiger charge is -2.19. The van der Waals surface area contributed by atoms with E-state index in [1.54, 1.807) is 16.8 Å². The minimum absolute atomic E-state index is 0.264. The van der Waals surface area contributed by atoms with Crippen molar-refractivity contribution in [2.75, 3.05) is 5.43 Å². The Bertz CT molecular complexity index is 905. The summed E-state index contributed by atoms with van der Waals surface area (Å²) >= 11 is 7.70. The summed E-state index contributed by atoms with van der Waals surface area (Å²) in [7, 11) is 0. The Morgan fingerprint density at radius 1 is 1.04 bits per heavy atom. The van der Waals surface area contributed by atoms with Gasteiger partial charge in [0, 0.05) is 16.5 Å². The Balaban J connectivity index is 1.73. The van der Waals surface area contributed by atoms with Gasteiger partial charge in [-0.3, -0.25) is 5.43 Å². The van der Waals surface area contributed by atoms with Crippen molar-refractivity contribution < 1.29 is 4.39 Å². The molecule has 3 aromatic rings. The van der Waals surface area contributed by atoms with E-state index < -0.39 is 0 Å². The molecular formula is C16H10ClFN4S. The van der Waals surface area contributed by atoms with Crippen molar-refractivity contribution in [3.8, 4) is 11.4 Å². The van der Waals surface area contributed by atoms with Crippen LogP contribution in [-0.2, 0) is 0 Å². The van der Waals surface area contributed by atoms with Crippen molar-refractivity contribution in [1.82, 2.24) is 14.9 Å². The lowest BCUT2D eigenvalue weighted by atomic mass is 10.2. The van der Waals surface area contributed by atoms with Crippen LogP contribution in [0.2, 0.25) is 5.02 Å². The average Bonchev–Trinajstić information content (AvgIpc) is 2.99. The lowest BCUT2D eigenvalue weighted by Crippen LogP contribution is -2.18. The zero-order valence-electron chi connectivity index (χ0n) is 11.7. The third-order valence-electron chi connectivity index (χ3n) is 3.42. The fourth-order valence-electron chi connectivity index (χ4n) is 2.28. The zero-order chi connectivity index (χ0) is 15.8. The molecule has 1 aliphatic heterocycles. The van der Waals surface area contributed by atoms with Gasteiger partial charge in [-0.2, -0.15) is 0 Å². The van der Waals surface area contributed by atoms with Gasteiger partial charge in [0.25, 0.3) is 0 Å². The summed E-state index contributed by atoms with van der Waals surface area (Å²) in [5, 5.41) is 11.6. The molecule has 23 heavy (non-hydrogen) atoms. The van der Waals surface area contributed by atoms with Crippen LogP contribution in [0.25, 0.3) is 17.1 Å². The van der Waals surface area contributed by atoms with E-state index >= 15 is 0 Å². The SMILES string of the molecule is Fc1ccc(C2=CSc3nnc(-c4ccccc4Cl)n3N2)cc1. The first kappa shape index (κ1) is 14.3. The number of thioether (sulfide) groups is 1. The molecule has 1 N–H and O–H groups in total. The predicted octanol–water partition coefficient (Wildman–Crippen LogP) is 4.39. The fourth-order valence-corrected chi connectivity index (χ4v) is 3.24. The molecule has 2 heterocycles. The van der Waals surface area contributed by atoms with E-state index in [2.05, 4.69) is 15.6 Å². The first-order chi connectivity index (χ1) is 11.2. The monoisotopic (exact) mass is 344 g/mol. The normalized spacial score (nSPS) is 13.2. The smallest absolute Gasteiger partial charge is 0.214 e. The molecule has 1 aromatic heterocycles. The number of nitrogens with one attached hydrogen (secondary N) is 1. The molecule has 7 heteroatoms. The van der Waals surface area contributed by atoms with E-state index in [4.69, 9.17) is 11.6 Å². The van der Waals surface area contributed by atoms with Crippen molar-refractivity contribution in [2.24, 2.45) is 0 Å². The molecule has 2 aromatic carbocycles. The minimum Gasteiger partial charge on any atom is -0.289 e. The van der Waals surface area contributed by atoms with Crippen LogP contribution in [0, 0.1) is 5.82 Å². The van der Waals surface area contributed by atoms with Crippen LogP contribution in [0.15, 0.2) is 59.1 Å². The third-order valence-corrected chi connectivity index (χ3v) is 4.58. The molecule has 0 fully saturated rings. The summed E-state index contributed by atoms with van der Waals surface area (Å²) in [6, 6.07) is 13.8. The largest absolute Gasteiger partial charge is 0.289 e. The van der Waals surface area contributed by atoms with E-state index in [1.807, 2.05) is 29.7 Å². The maximum Gasteiger partial charge on any atom is 0.214 e. The van der Waals surface area contributed by atoms with E-state index in [0.29, 0.717) is 16.0 Å². The Labute approximate surface area is 141 Å². The summed E-state index contributed by atoms with van der Waals surface area (Å²) < 4.78 is 14.9. The predicted molar refractivity (Wildman–Crippen MR) is 90.1 cm³/mol. The van der Waals surface area contributed by atoms with Crippen LogP contribution in [0.4, 0.5) is 4.39 Å². The highest BCUT2D eigenvalue weighted by molar-refractivity contribution is 8.02. The van der Waals surface area contributed by atoms with Crippen molar-refractivity contribution in [2.45, 2.75) is 5.16 Å². The summed E-state index contributed by atoms with van der Waals surface area (Å²) in [6.45, 7) is 0. The second kappa shape index (κ2) is 5.72. The number of benzene rings is 2. The lowest BCUT2D eigenvalue weighted by molar-refractivity contribution is 0.627. The van der Waals surface area contributed by atoms with Crippen molar-refractivity contribution in [3.63, 3.8) is 0 Å². The van der Waals surface area contributed by atoms with Gasteiger partial charge in [-0.05, 0) is 36.4 Å². The third kappa shape index (κ3) is 2.60. The number of fused-ring (bicyclic) bond motifs is 1. The number of halogens is 2. The van der Waals surface area contributed by atoms with Crippen LogP contribution in [-0.4, -0.2) is 14.9 Å². The van der Waals surface area contributed by atoms with Crippen molar-refractivity contribution >= 4 is 29.1 Å². The van der Waals surface area contributed by atoms with Crippen LogP contribution in [0.1, 0.15) is 5.56 Å². The summed E-state index contributed by atoms with van der Waals surface area (Å²) in [5.74, 6) is 0.366. The quantitative estimate of drug-likeness (QED) is 0.749. The molecular weight excluding hydrogens is 335 g/mol. The summed E-state index contributed by atoms with van der Waals surface area (Å²) in [5.41, 5.74) is 5.77. The van der Waals surface area contributed by atoms with Gasteiger partial charge in [0.05, 0.1) is 10.7 Å². The zero-order valence-corrected chi connectivity index (χ0v) is 13.3. The van der Waals surface area contributed by atoms with Gasteiger partial charge in [-0.25, -0.2) is 9.07 Å². The Morgan fingerprint density at radius 2 is 1.83 bits per heavy atom. The van der Waals surface area contributed by atoms with Crippen LogP contribution in [0.5, 0.6) is 0 Å². The topological polar surface area (TPSA) is 42.7 Å². The maximum atomic E-state index is 13.1. The highest BCUT2D eigenvalue weighted by Crippen LogP contribution is 2.33. The number of rotatable bonds is 2. The first-order valence-corrected chi connectivity index (χ1v) is 8.08. The van der Waals surface area contributed by atoms with Crippen molar-refractivity contribution in [1.29, 1.82) is 0 Å². The summed E-state index contributed by atoms with van der Waals surface area (Å²) in [6.07, 6.45) is 0. The standard InChI is InChI=1S/C16H10ClFN4S/c17-13-4-2-1-3-12(13)15-19-20-16-22(15)21-14(9-23-16)10-5-7-11(18)8-6-10/h1-9,21H. The first-order valence-electron chi connectivity index (χ1n) is 6.82. The van der Waals surface area contributed by atoms with Gasteiger partial charge in [0.2, 0.25) is 5.16 Å². The average molecular weight is 345 g/mol. The number of hydrogen-bond acceptors (Lipinski definition) is 4. The molecule has 0 radical (unpaired) electrons. The van der Waals surface area contributed by atoms with E-state index in [1.165, 1.54) is 23.9 Å². The second-order valence-electron chi connectivity index (χ2n) is 4.89. The molecule has 0 amide bonds. The fraction of sp³-hybridized carbons (Fsp3) is 0. The molecule has 0 spiro atoms. The van der Waals surface area contributed by atoms with Gasteiger partial charge in [-0.15, -0.1) is 10.2 Å². The molecule has 0 saturated heterocycles. The molecule has 0 unspecified atom stereocenters. The number of hydrogen-bond donors (Lipinski definition) is 1. The van der Waals surface area contributed by atoms with Gasteiger partial charge < -0.3 is 0 Å². The molecule has 0 atom stereocenters. The molecule has 0 saturated carbocycles. The minimum atomic E-state index is -0.264. The van der Waals surface area contributed by atoms with E-state index in [9.17, 15) is 4.39 Å². The van der Waals surface area contributed by atoms with Gasteiger partial charge in [0.15, 0.2) is 5.82 Å². The molecule has 1 aliphatic rings. The highest BCUT2D eigenvalue weighted by Gasteiger charge is 2.20. The second-order valence-corrected chi connectivity index (χ2v) is 6.13. The Kier molecular flexibility index (Phi) is 3.55. The molecule has 4 rings (SSSR count). The Morgan fingerprint density at radius 3 is 2.61 bits per heavy atom. The van der Waals surface area contributed by atoms with Crippen LogP contribution in [0.3, 0.4) is 0 Å². The highest BCUT2D eigenvalue weighted by atomic mass is 35.5. The van der Waals surface area contributed by atoms with E-state index in [0.717, 1.165) is 16.8 Å². The number of aromatic nitrogens is 3. The molecule has 0 bridgehead atoms. The van der Waals surface area contributed by atoms with Gasteiger partial charge >= 0.3 is 0 Å². The molecule has 4 nitrogen and oxygen atoms in total.